The summed E-state index contributed by atoms with van der Waals surface area (Å²) < 4.78 is 19.4. The molecule has 2 aromatic carbocycles. The van der Waals surface area contributed by atoms with Crippen LogP contribution in [0.3, 0.4) is 0 Å². The summed E-state index contributed by atoms with van der Waals surface area (Å²) in [6.45, 7) is 0.388. The number of anilines is 3. The summed E-state index contributed by atoms with van der Waals surface area (Å²) in [7, 11) is 1.24. The fourth-order valence-corrected chi connectivity index (χ4v) is 3.03. The molecule has 0 unspecified atom stereocenters. The summed E-state index contributed by atoms with van der Waals surface area (Å²) in [6.07, 6.45) is 1.63. The lowest BCUT2D eigenvalue weighted by molar-refractivity contribution is 0.0601. The number of rotatable bonds is 6. The number of nitrogens with one attached hydrogen (secondary N) is 2. The molecule has 30 heavy (non-hydrogen) atoms. The van der Waals surface area contributed by atoms with Crippen molar-refractivity contribution in [1.82, 2.24) is 9.97 Å². The molecule has 0 aliphatic heterocycles. The maximum atomic E-state index is 14.6. The molecule has 0 aliphatic rings. The number of benzene rings is 2. The summed E-state index contributed by atoms with van der Waals surface area (Å²) in [5, 5.41) is 6.96. The Bertz CT molecular complexity index is 1200. The third kappa shape index (κ3) is 4.20. The summed E-state index contributed by atoms with van der Waals surface area (Å²) in [5.41, 5.74) is 2.43. The molecule has 4 rings (SSSR count). The van der Waals surface area contributed by atoms with Crippen LogP contribution >= 0.6 is 0 Å². The van der Waals surface area contributed by atoms with E-state index in [2.05, 4.69) is 20.6 Å². The number of methoxy groups -OCH3 is 1. The average molecular weight is 402 g/mol. The van der Waals surface area contributed by atoms with Crippen LogP contribution in [0, 0.1) is 5.82 Å². The molecular weight excluding hydrogens is 383 g/mol. The molecule has 2 N–H and O–H groups in total. The molecule has 0 fully saturated rings. The van der Waals surface area contributed by atoms with Gasteiger partial charge in [0.25, 0.3) is 0 Å². The highest BCUT2D eigenvalue weighted by atomic mass is 19.1. The number of nitrogens with zero attached hydrogens (tertiary/aromatic N) is 2. The van der Waals surface area contributed by atoms with Gasteiger partial charge in [-0.05, 0) is 23.8 Å². The first-order valence-corrected chi connectivity index (χ1v) is 9.32. The first-order chi connectivity index (χ1) is 14.6. The van der Waals surface area contributed by atoms with E-state index >= 15 is 0 Å². The van der Waals surface area contributed by atoms with Crippen molar-refractivity contribution in [3.05, 3.63) is 89.9 Å². The van der Waals surface area contributed by atoms with E-state index in [0.29, 0.717) is 12.2 Å². The number of halogens is 1. The Morgan fingerprint density at radius 3 is 2.60 bits per heavy atom. The van der Waals surface area contributed by atoms with E-state index in [-0.39, 0.29) is 17.2 Å². The molecule has 0 spiro atoms. The van der Waals surface area contributed by atoms with Crippen molar-refractivity contribution in [3.8, 4) is 0 Å². The van der Waals surface area contributed by atoms with Crippen LogP contribution < -0.4 is 10.6 Å². The summed E-state index contributed by atoms with van der Waals surface area (Å²) >= 11 is 0. The molecule has 0 amide bonds. The Balaban J connectivity index is 1.66. The SMILES string of the molecule is COC(=O)c1cc(F)c(NCc2ccccc2)nc1Nc1cnc2ccccc2c1. The first-order valence-electron chi connectivity index (χ1n) is 9.32. The molecule has 0 saturated carbocycles. The van der Waals surface area contributed by atoms with Gasteiger partial charge in [-0.25, -0.2) is 14.2 Å². The smallest absolute Gasteiger partial charge is 0.341 e. The third-order valence-electron chi connectivity index (χ3n) is 4.54. The van der Waals surface area contributed by atoms with E-state index in [4.69, 9.17) is 4.74 Å². The lowest BCUT2D eigenvalue weighted by Crippen LogP contribution is -2.12. The van der Waals surface area contributed by atoms with Gasteiger partial charge >= 0.3 is 5.97 Å². The van der Waals surface area contributed by atoms with Crippen LogP contribution in [0.1, 0.15) is 15.9 Å². The zero-order chi connectivity index (χ0) is 20.9. The van der Waals surface area contributed by atoms with Crippen LogP contribution in [0.15, 0.2) is 72.9 Å². The highest BCUT2D eigenvalue weighted by Crippen LogP contribution is 2.26. The fraction of sp³-hybridized carbons (Fsp3) is 0.0870. The number of carbonyl (C=O) groups is 1. The highest BCUT2D eigenvalue weighted by Gasteiger charge is 2.19. The Morgan fingerprint density at radius 1 is 1.03 bits per heavy atom. The minimum Gasteiger partial charge on any atom is -0.465 e. The van der Waals surface area contributed by atoms with Gasteiger partial charge in [-0.2, -0.15) is 0 Å². The van der Waals surface area contributed by atoms with Crippen molar-refractivity contribution in [1.29, 1.82) is 0 Å². The number of carbonyl (C=O) groups excluding carboxylic acids is 1. The number of esters is 1. The van der Waals surface area contributed by atoms with E-state index < -0.39 is 11.8 Å². The molecule has 2 aromatic heterocycles. The molecule has 0 radical (unpaired) electrons. The normalized spacial score (nSPS) is 10.6. The van der Waals surface area contributed by atoms with Gasteiger partial charge in [0.15, 0.2) is 11.6 Å². The molecule has 7 heteroatoms. The van der Waals surface area contributed by atoms with Crippen molar-refractivity contribution in [2.45, 2.75) is 6.54 Å². The molecule has 0 saturated heterocycles. The van der Waals surface area contributed by atoms with Gasteiger partial charge in [0.1, 0.15) is 11.4 Å². The number of fused-ring (bicyclic) bond motifs is 1. The molecule has 4 aromatic rings. The van der Waals surface area contributed by atoms with Gasteiger partial charge in [-0.3, -0.25) is 4.98 Å². The third-order valence-corrected chi connectivity index (χ3v) is 4.54. The quantitative estimate of drug-likeness (QED) is 0.446. The van der Waals surface area contributed by atoms with Crippen LogP contribution in [-0.4, -0.2) is 23.0 Å². The molecule has 2 heterocycles. The predicted molar refractivity (Wildman–Crippen MR) is 114 cm³/mol. The van der Waals surface area contributed by atoms with Crippen molar-refractivity contribution < 1.29 is 13.9 Å². The van der Waals surface area contributed by atoms with Crippen LogP contribution in [0.25, 0.3) is 10.9 Å². The summed E-state index contributed by atoms with van der Waals surface area (Å²) in [4.78, 5) is 20.9. The zero-order valence-corrected chi connectivity index (χ0v) is 16.2. The Labute approximate surface area is 172 Å². The second kappa shape index (κ2) is 8.57. The standard InChI is InChI=1S/C23H19FN4O2/c1-30-23(29)18-12-19(24)22(26-13-15-7-3-2-4-8-15)28-21(18)27-17-11-16-9-5-6-10-20(16)25-14-17/h2-12,14H,13H2,1H3,(H2,26,27,28). The van der Waals surface area contributed by atoms with Crippen LogP contribution in [0.4, 0.5) is 21.7 Å². The lowest BCUT2D eigenvalue weighted by Gasteiger charge is -2.14. The van der Waals surface area contributed by atoms with E-state index in [9.17, 15) is 9.18 Å². The minimum atomic E-state index is -0.688. The van der Waals surface area contributed by atoms with Gasteiger partial charge in [0, 0.05) is 11.9 Å². The van der Waals surface area contributed by atoms with Gasteiger partial charge in [0.2, 0.25) is 0 Å². The molecule has 0 aliphatic carbocycles. The number of ether oxygens (including phenoxy) is 1. The van der Waals surface area contributed by atoms with Gasteiger partial charge in [-0.1, -0.05) is 48.5 Å². The molecule has 0 bridgehead atoms. The van der Waals surface area contributed by atoms with E-state index in [1.165, 1.54) is 7.11 Å². The number of para-hydroxylation sites is 1. The van der Waals surface area contributed by atoms with Gasteiger partial charge in [-0.15, -0.1) is 0 Å². The van der Waals surface area contributed by atoms with Crippen LogP contribution in [0.2, 0.25) is 0 Å². The van der Waals surface area contributed by atoms with E-state index in [1.807, 2.05) is 60.7 Å². The van der Waals surface area contributed by atoms with Crippen LogP contribution in [-0.2, 0) is 11.3 Å². The number of hydrogen-bond acceptors (Lipinski definition) is 6. The maximum absolute atomic E-state index is 14.6. The van der Waals surface area contributed by atoms with Crippen molar-refractivity contribution in [2.24, 2.45) is 0 Å². The van der Waals surface area contributed by atoms with Crippen molar-refractivity contribution in [2.75, 3.05) is 17.7 Å². The number of aromatic nitrogens is 2. The second-order valence-electron chi connectivity index (χ2n) is 6.59. The largest absolute Gasteiger partial charge is 0.465 e. The minimum absolute atomic E-state index is 0.00609. The zero-order valence-electron chi connectivity index (χ0n) is 16.2. The monoisotopic (exact) mass is 402 g/mol. The number of hydrogen-bond donors (Lipinski definition) is 2. The summed E-state index contributed by atoms with van der Waals surface area (Å²) in [5.74, 6) is -1.13. The molecular formula is C23H19FN4O2. The van der Waals surface area contributed by atoms with Gasteiger partial charge in [0.05, 0.1) is 24.5 Å². The maximum Gasteiger partial charge on any atom is 0.341 e. The predicted octanol–water partition coefficient (Wildman–Crippen LogP) is 4.91. The van der Waals surface area contributed by atoms with E-state index in [0.717, 1.165) is 22.5 Å². The lowest BCUT2D eigenvalue weighted by atomic mass is 10.2. The van der Waals surface area contributed by atoms with Crippen molar-refractivity contribution >= 4 is 34.2 Å². The topological polar surface area (TPSA) is 76.1 Å². The highest BCUT2D eigenvalue weighted by molar-refractivity contribution is 5.96. The molecule has 0 atom stereocenters. The second-order valence-corrected chi connectivity index (χ2v) is 6.59. The van der Waals surface area contributed by atoms with Crippen molar-refractivity contribution in [3.63, 3.8) is 0 Å². The Hall–Kier alpha value is -4.00. The number of pyridine rings is 2. The summed E-state index contributed by atoms with van der Waals surface area (Å²) in [6, 6.07) is 20.2. The Kier molecular flexibility index (Phi) is 5.52. The molecule has 6 nitrogen and oxygen atoms in total. The first kappa shape index (κ1) is 19.3. The molecule has 150 valence electrons. The van der Waals surface area contributed by atoms with Crippen LogP contribution in [0.5, 0.6) is 0 Å². The van der Waals surface area contributed by atoms with Gasteiger partial charge < -0.3 is 15.4 Å². The fourth-order valence-electron chi connectivity index (χ4n) is 3.03. The Morgan fingerprint density at radius 2 is 1.80 bits per heavy atom. The average Bonchev–Trinajstić information content (AvgIpc) is 2.79. The van der Waals surface area contributed by atoms with E-state index in [1.54, 1.807) is 6.20 Å².